The highest BCUT2D eigenvalue weighted by Gasteiger charge is 2.13. The number of para-hydroxylation sites is 2. The highest BCUT2D eigenvalue weighted by Crippen LogP contribution is 2.28. The van der Waals surface area contributed by atoms with Gasteiger partial charge >= 0.3 is 0 Å². The number of nitrogens with zero attached hydrogens (tertiary/aromatic N) is 3. The Morgan fingerprint density at radius 1 is 1.15 bits per heavy atom. The van der Waals surface area contributed by atoms with Gasteiger partial charge in [-0.05, 0) is 30.3 Å². The van der Waals surface area contributed by atoms with Gasteiger partial charge in [-0.15, -0.1) is 11.3 Å². The molecule has 1 amide bonds. The van der Waals surface area contributed by atoms with E-state index in [1.165, 1.54) is 36.8 Å². The summed E-state index contributed by atoms with van der Waals surface area (Å²) < 4.78 is 18.8. The third-order valence-electron chi connectivity index (χ3n) is 3.85. The van der Waals surface area contributed by atoms with Crippen LogP contribution in [0.3, 0.4) is 0 Å². The lowest BCUT2D eigenvalue weighted by Crippen LogP contribution is -2.14. The number of benzene rings is 2. The molecule has 134 valence electrons. The number of hydrogen-bond acceptors (Lipinski definition) is 6. The van der Waals surface area contributed by atoms with Crippen LogP contribution in [0.1, 0.15) is 10.5 Å². The van der Waals surface area contributed by atoms with Gasteiger partial charge in [0.25, 0.3) is 5.91 Å². The summed E-state index contributed by atoms with van der Waals surface area (Å²) in [4.78, 5) is 25.3. The molecule has 0 radical (unpaired) electrons. The number of anilines is 1. The van der Waals surface area contributed by atoms with Crippen molar-refractivity contribution in [1.29, 1.82) is 0 Å². The van der Waals surface area contributed by atoms with Crippen LogP contribution in [0.4, 0.5) is 9.52 Å². The van der Waals surface area contributed by atoms with E-state index in [1.54, 1.807) is 17.5 Å². The number of aromatic nitrogens is 3. The van der Waals surface area contributed by atoms with Crippen molar-refractivity contribution in [3.05, 3.63) is 65.6 Å². The number of thiazole rings is 1. The average Bonchev–Trinajstić information content (AvgIpc) is 3.16. The molecule has 0 saturated carbocycles. The molecule has 0 unspecified atom stereocenters. The van der Waals surface area contributed by atoms with Crippen molar-refractivity contribution in [2.75, 3.05) is 12.4 Å². The van der Waals surface area contributed by atoms with Crippen LogP contribution in [-0.2, 0) is 0 Å². The number of methoxy groups -OCH3 is 1. The molecule has 0 fully saturated rings. The maximum Gasteiger partial charge on any atom is 0.277 e. The smallest absolute Gasteiger partial charge is 0.277 e. The van der Waals surface area contributed by atoms with Gasteiger partial charge < -0.3 is 4.74 Å². The monoisotopic (exact) mass is 380 g/mol. The maximum absolute atomic E-state index is 13.9. The van der Waals surface area contributed by atoms with Crippen LogP contribution in [-0.4, -0.2) is 28.0 Å². The minimum atomic E-state index is -0.472. The Morgan fingerprint density at radius 2 is 1.96 bits per heavy atom. The lowest BCUT2D eigenvalue weighted by Gasteiger charge is -2.03. The third kappa shape index (κ3) is 3.47. The van der Waals surface area contributed by atoms with Gasteiger partial charge in [-0.1, -0.05) is 12.1 Å². The van der Waals surface area contributed by atoms with E-state index in [0.29, 0.717) is 27.4 Å². The second-order valence-electron chi connectivity index (χ2n) is 5.59. The number of carbonyl (C=O) groups is 1. The number of nitrogens with one attached hydrogen (secondary N) is 1. The van der Waals surface area contributed by atoms with Gasteiger partial charge in [-0.2, -0.15) is 0 Å². The molecule has 1 N–H and O–H groups in total. The molecule has 6 nitrogen and oxygen atoms in total. The van der Waals surface area contributed by atoms with Crippen LogP contribution < -0.4 is 10.1 Å². The van der Waals surface area contributed by atoms with E-state index in [2.05, 4.69) is 20.3 Å². The van der Waals surface area contributed by atoms with E-state index < -0.39 is 11.7 Å². The summed E-state index contributed by atoms with van der Waals surface area (Å²) in [5, 5.41) is 4.83. The molecule has 2 heterocycles. The first-order valence-electron chi connectivity index (χ1n) is 7.96. The molecule has 4 rings (SSSR count). The normalized spacial score (nSPS) is 10.7. The van der Waals surface area contributed by atoms with Gasteiger partial charge in [0, 0.05) is 10.9 Å². The highest BCUT2D eigenvalue weighted by atomic mass is 32.1. The van der Waals surface area contributed by atoms with Gasteiger partial charge in [0.2, 0.25) is 0 Å². The highest BCUT2D eigenvalue weighted by molar-refractivity contribution is 7.14. The summed E-state index contributed by atoms with van der Waals surface area (Å²) in [5.41, 5.74) is 2.70. The Balaban J connectivity index is 1.54. The molecule has 27 heavy (non-hydrogen) atoms. The molecule has 0 spiro atoms. The summed E-state index contributed by atoms with van der Waals surface area (Å²) in [6.45, 7) is 0. The molecule has 8 heteroatoms. The summed E-state index contributed by atoms with van der Waals surface area (Å²) >= 11 is 1.24. The number of fused-ring (bicyclic) bond motifs is 1. The zero-order valence-corrected chi connectivity index (χ0v) is 15.0. The van der Waals surface area contributed by atoms with Gasteiger partial charge in [-0.25, -0.2) is 14.4 Å². The molecular weight excluding hydrogens is 367 g/mol. The zero-order valence-electron chi connectivity index (χ0n) is 14.1. The molecule has 2 aromatic carbocycles. The standard InChI is InChI=1S/C19H13FN4O2S/c1-26-17-7-6-11(8-12(17)20)16-10-27-19(23-16)24-18(25)15-9-21-13-4-2-3-5-14(13)22-15/h2-10H,1H3,(H,23,24,25). The first-order valence-corrected chi connectivity index (χ1v) is 8.84. The fourth-order valence-electron chi connectivity index (χ4n) is 2.52. The number of carbonyl (C=O) groups excluding carboxylic acids is 1. The van der Waals surface area contributed by atoms with Crippen LogP contribution in [0.15, 0.2) is 54.0 Å². The number of halogens is 1. The van der Waals surface area contributed by atoms with Crippen molar-refractivity contribution in [2.24, 2.45) is 0 Å². The Kier molecular flexibility index (Phi) is 4.47. The second kappa shape index (κ2) is 7.08. The fraction of sp³-hybridized carbons (Fsp3) is 0.0526. The second-order valence-corrected chi connectivity index (χ2v) is 6.44. The molecule has 2 aromatic heterocycles. The van der Waals surface area contributed by atoms with Gasteiger partial charge in [0.05, 0.1) is 30.0 Å². The number of rotatable bonds is 4. The molecule has 0 bridgehead atoms. The maximum atomic E-state index is 13.9. The molecule has 0 aliphatic rings. The molecule has 0 aliphatic heterocycles. The first kappa shape index (κ1) is 17.0. The summed E-state index contributed by atoms with van der Waals surface area (Å²) in [5.74, 6) is -0.715. The van der Waals surface area contributed by atoms with Gasteiger partial charge in [-0.3, -0.25) is 15.1 Å². The average molecular weight is 380 g/mol. The van der Waals surface area contributed by atoms with Gasteiger partial charge in [0.1, 0.15) is 5.69 Å². The van der Waals surface area contributed by atoms with E-state index in [1.807, 2.05) is 18.2 Å². The lowest BCUT2D eigenvalue weighted by molar-refractivity contribution is 0.102. The largest absolute Gasteiger partial charge is 0.494 e. The number of ether oxygens (including phenoxy) is 1. The Morgan fingerprint density at radius 3 is 2.74 bits per heavy atom. The van der Waals surface area contributed by atoms with E-state index in [-0.39, 0.29) is 11.4 Å². The van der Waals surface area contributed by atoms with E-state index in [4.69, 9.17) is 4.74 Å². The number of amides is 1. The Bertz CT molecular complexity index is 1150. The Labute approximate surface area is 157 Å². The van der Waals surface area contributed by atoms with Crippen LogP contribution in [0.25, 0.3) is 22.3 Å². The van der Waals surface area contributed by atoms with Crippen molar-refractivity contribution in [3.8, 4) is 17.0 Å². The predicted molar refractivity (Wildman–Crippen MR) is 102 cm³/mol. The van der Waals surface area contributed by atoms with Crippen molar-refractivity contribution in [1.82, 2.24) is 15.0 Å². The van der Waals surface area contributed by atoms with Crippen LogP contribution >= 0.6 is 11.3 Å². The molecule has 0 atom stereocenters. The molecule has 0 saturated heterocycles. The minimum Gasteiger partial charge on any atom is -0.494 e. The first-order chi connectivity index (χ1) is 13.1. The molecular formula is C19H13FN4O2S. The molecule has 0 aliphatic carbocycles. The van der Waals surface area contributed by atoms with Crippen LogP contribution in [0, 0.1) is 5.82 Å². The fourth-order valence-corrected chi connectivity index (χ4v) is 3.23. The van der Waals surface area contributed by atoms with Crippen LogP contribution in [0.2, 0.25) is 0 Å². The quantitative estimate of drug-likeness (QED) is 0.575. The SMILES string of the molecule is COc1ccc(-c2csc(NC(=O)c3cnc4ccccc4n3)n2)cc1F. The van der Waals surface area contributed by atoms with E-state index in [9.17, 15) is 9.18 Å². The van der Waals surface area contributed by atoms with Gasteiger partial charge in [0.15, 0.2) is 16.7 Å². The number of hydrogen-bond donors (Lipinski definition) is 1. The van der Waals surface area contributed by atoms with Crippen molar-refractivity contribution < 1.29 is 13.9 Å². The summed E-state index contributed by atoms with van der Waals surface area (Å²) in [6.07, 6.45) is 1.42. The van der Waals surface area contributed by atoms with Crippen molar-refractivity contribution in [3.63, 3.8) is 0 Å². The van der Waals surface area contributed by atoms with Crippen LogP contribution in [0.5, 0.6) is 5.75 Å². The zero-order chi connectivity index (χ0) is 18.8. The molecule has 4 aromatic rings. The predicted octanol–water partition coefficient (Wildman–Crippen LogP) is 4.15. The third-order valence-corrected chi connectivity index (χ3v) is 4.61. The van der Waals surface area contributed by atoms with E-state index in [0.717, 1.165) is 0 Å². The minimum absolute atomic E-state index is 0.164. The topological polar surface area (TPSA) is 77.0 Å². The summed E-state index contributed by atoms with van der Waals surface area (Å²) in [7, 11) is 1.41. The Hall–Kier alpha value is -3.39. The lowest BCUT2D eigenvalue weighted by atomic mass is 10.1. The van der Waals surface area contributed by atoms with Crippen molar-refractivity contribution >= 4 is 33.4 Å². The van der Waals surface area contributed by atoms with Crippen molar-refractivity contribution in [2.45, 2.75) is 0 Å². The summed E-state index contributed by atoms with van der Waals surface area (Å²) in [6, 6.07) is 11.9. The van der Waals surface area contributed by atoms with E-state index >= 15 is 0 Å².